The number of benzene rings is 1. The maximum Gasteiger partial charge on any atom is 0.169 e. The molecule has 0 amide bonds. The van der Waals surface area contributed by atoms with Crippen LogP contribution in [0.4, 0.5) is 4.39 Å². The van der Waals surface area contributed by atoms with Gasteiger partial charge in [-0.2, -0.15) is 11.8 Å². The normalized spacial score (nSPS) is 22.2. The lowest BCUT2D eigenvalue weighted by atomic mass is 10.0. The largest absolute Gasteiger partial charge is 0.494 e. The van der Waals surface area contributed by atoms with Gasteiger partial charge in [-0.25, -0.2) is 4.39 Å². The highest BCUT2D eigenvalue weighted by molar-refractivity contribution is 7.99. The van der Waals surface area contributed by atoms with Gasteiger partial charge in [0.05, 0.1) is 25.9 Å². The van der Waals surface area contributed by atoms with E-state index in [9.17, 15) is 4.39 Å². The summed E-state index contributed by atoms with van der Waals surface area (Å²) in [5.74, 6) is 1.62. The first-order valence-electron chi connectivity index (χ1n) is 5.51. The van der Waals surface area contributed by atoms with Gasteiger partial charge in [0.2, 0.25) is 0 Å². The molecule has 0 bridgehead atoms. The van der Waals surface area contributed by atoms with E-state index >= 15 is 0 Å². The van der Waals surface area contributed by atoms with Crippen LogP contribution < -0.4 is 10.5 Å². The van der Waals surface area contributed by atoms with Gasteiger partial charge < -0.3 is 15.2 Å². The Bertz CT molecular complexity index is 383. The number of hydrogen-bond acceptors (Lipinski definition) is 4. The lowest BCUT2D eigenvalue weighted by Gasteiger charge is -2.28. The Morgan fingerprint density at radius 3 is 3.06 bits per heavy atom. The molecule has 1 saturated heterocycles. The maximum atomic E-state index is 14.0. The zero-order valence-electron chi connectivity index (χ0n) is 9.69. The van der Waals surface area contributed by atoms with Crippen LogP contribution in [0.15, 0.2) is 18.2 Å². The first-order chi connectivity index (χ1) is 8.24. The molecule has 1 aliphatic heterocycles. The van der Waals surface area contributed by atoms with E-state index in [4.69, 9.17) is 15.2 Å². The summed E-state index contributed by atoms with van der Waals surface area (Å²) in [7, 11) is 1.45. The lowest BCUT2D eigenvalue weighted by Crippen LogP contribution is -2.35. The fourth-order valence-corrected chi connectivity index (χ4v) is 2.77. The Labute approximate surface area is 104 Å². The summed E-state index contributed by atoms with van der Waals surface area (Å²) in [4.78, 5) is 0. The van der Waals surface area contributed by atoms with Crippen LogP contribution >= 0.6 is 11.8 Å². The highest BCUT2D eigenvalue weighted by Gasteiger charge is 2.26. The molecule has 0 radical (unpaired) electrons. The number of methoxy groups -OCH3 is 1. The van der Waals surface area contributed by atoms with Crippen molar-refractivity contribution < 1.29 is 13.9 Å². The van der Waals surface area contributed by atoms with Crippen molar-refractivity contribution in [1.29, 1.82) is 0 Å². The molecule has 2 rings (SSSR count). The molecule has 2 N–H and O–H groups in total. The highest BCUT2D eigenvalue weighted by Crippen LogP contribution is 2.29. The zero-order chi connectivity index (χ0) is 12.3. The number of hydrogen-bond donors (Lipinski definition) is 1. The van der Waals surface area contributed by atoms with E-state index in [1.165, 1.54) is 7.11 Å². The van der Waals surface area contributed by atoms with Gasteiger partial charge in [-0.3, -0.25) is 0 Å². The minimum Gasteiger partial charge on any atom is -0.494 e. The Kier molecular flexibility index (Phi) is 4.25. The first kappa shape index (κ1) is 12.7. The summed E-state index contributed by atoms with van der Waals surface area (Å²) in [6.07, 6.45) is -0.129. The predicted octanol–water partition coefficient (Wildman–Crippen LogP) is 1.97. The Hall–Kier alpha value is -0.780. The molecule has 1 aromatic carbocycles. The van der Waals surface area contributed by atoms with E-state index < -0.39 is 6.04 Å². The summed E-state index contributed by atoms with van der Waals surface area (Å²) >= 11 is 1.78. The van der Waals surface area contributed by atoms with Crippen LogP contribution in [0, 0.1) is 5.82 Å². The van der Waals surface area contributed by atoms with Crippen LogP contribution in [-0.2, 0) is 4.74 Å². The summed E-state index contributed by atoms with van der Waals surface area (Å²) in [5, 5.41) is 0. The molecule has 1 aromatic rings. The molecule has 1 aliphatic rings. The number of halogens is 1. The lowest BCUT2D eigenvalue weighted by molar-refractivity contribution is 0.0560. The topological polar surface area (TPSA) is 44.5 Å². The van der Waals surface area contributed by atoms with E-state index in [0.717, 1.165) is 11.5 Å². The van der Waals surface area contributed by atoms with Crippen LogP contribution in [0.3, 0.4) is 0 Å². The van der Waals surface area contributed by atoms with Crippen molar-refractivity contribution in [1.82, 2.24) is 0 Å². The second-order valence-corrected chi connectivity index (χ2v) is 5.02. The fourth-order valence-electron chi connectivity index (χ4n) is 1.86. The van der Waals surface area contributed by atoms with Gasteiger partial charge >= 0.3 is 0 Å². The van der Waals surface area contributed by atoms with Crippen molar-refractivity contribution >= 4 is 11.8 Å². The van der Waals surface area contributed by atoms with Gasteiger partial charge in [0.25, 0.3) is 0 Å². The minimum atomic E-state index is -0.446. The number of rotatable bonds is 3. The molecule has 1 heterocycles. The van der Waals surface area contributed by atoms with Crippen LogP contribution in [0.25, 0.3) is 0 Å². The smallest absolute Gasteiger partial charge is 0.169 e. The molecule has 2 atom stereocenters. The van der Waals surface area contributed by atoms with Gasteiger partial charge in [0.1, 0.15) is 0 Å². The summed E-state index contributed by atoms with van der Waals surface area (Å²) < 4.78 is 24.5. The molecule has 5 heteroatoms. The molecule has 0 saturated carbocycles. The molecule has 1 fully saturated rings. The van der Waals surface area contributed by atoms with E-state index in [-0.39, 0.29) is 17.7 Å². The standard InChI is InChI=1S/C12H16FNO2S/c1-15-9-4-2-3-8(11(9)13)12(14)10-7-17-6-5-16-10/h2-4,10,12H,5-7,14H2,1H3. The van der Waals surface area contributed by atoms with Crippen molar-refractivity contribution in [3.05, 3.63) is 29.6 Å². The molecule has 17 heavy (non-hydrogen) atoms. The molecule has 3 nitrogen and oxygen atoms in total. The van der Waals surface area contributed by atoms with E-state index in [1.54, 1.807) is 30.0 Å². The third-order valence-corrected chi connectivity index (χ3v) is 3.83. The summed E-state index contributed by atoms with van der Waals surface area (Å²) in [6.45, 7) is 0.675. The van der Waals surface area contributed by atoms with Crippen molar-refractivity contribution in [3.8, 4) is 5.75 Å². The third-order valence-electron chi connectivity index (χ3n) is 2.81. The SMILES string of the molecule is COc1cccc(C(N)C2CSCCO2)c1F. The molecular formula is C12H16FNO2S. The molecule has 2 unspecified atom stereocenters. The van der Waals surface area contributed by atoms with Gasteiger partial charge in [-0.05, 0) is 6.07 Å². The quantitative estimate of drug-likeness (QED) is 0.899. The van der Waals surface area contributed by atoms with Crippen LogP contribution in [0.1, 0.15) is 11.6 Å². The Balaban J connectivity index is 2.20. The van der Waals surface area contributed by atoms with Crippen LogP contribution in [0.2, 0.25) is 0 Å². The molecular weight excluding hydrogens is 241 g/mol. The van der Waals surface area contributed by atoms with E-state index in [1.807, 2.05) is 0 Å². The molecule has 94 valence electrons. The predicted molar refractivity (Wildman–Crippen MR) is 66.9 cm³/mol. The molecule has 0 aromatic heterocycles. The second kappa shape index (κ2) is 5.71. The highest BCUT2D eigenvalue weighted by atomic mass is 32.2. The average molecular weight is 257 g/mol. The maximum absolute atomic E-state index is 14.0. The van der Waals surface area contributed by atoms with Crippen molar-refractivity contribution in [3.63, 3.8) is 0 Å². The summed E-state index contributed by atoms with van der Waals surface area (Å²) in [5.41, 5.74) is 6.52. The van der Waals surface area contributed by atoms with E-state index in [2.05, 4.69) is 0 Å². The zero-order valence-corrected chi connectivity index (χ0v) is 10.5. The van der Waals surface area contributed by atoms with Crippen molar-refractivity contribution in [2.24, 2.45) is 5.73 Å². The first-order valence-corrected chi connectivity index (χ1v) is 6.67. The summed E-state index contributed by atoms with van der Waals surface area (Å²) in [6, 6.07) is 4.57. The molecule has 0 aliphatic carbocycles. The van der Waals surface area contributed by atoms with E-state index in [0.29, 0.717) is 12.2 Å². The van der Waals surface area contributed by atoms with Gasteiger partial charge in [-0.15, -0.1) is 0 Å². The average Bonchev–Trinajstić information content (AvgIpc) is 2.39. The van der Waals surface area contributed by atoms with Gasteiger partial charge in [0.15, 0.2) is 11.6 Å². The Morgan fingerprint density at radius 2 is 2.41 bits per heavy atom. The molecule has 0 spiro atoms. The Morgan fingerprint density at radius 1 is 1.59 bits per heavy atom. The second-order valence-electron chi connectivity index (χ2n) is 3.87. The number of thioether (sulfide) groups is 1. The number of nitrogens with two attached hydrogens (primary N) is 1. The van der Waals surface area contributed by atoms with Crippen LogP contribution in [-0.4, -0.2) is 31.3 Å². The van der Waals surface area contributed by atoms with Gasteiger partial charge in [0, 0.05) is 17.1 Å². The fraction of sp³-hybridized carbons (Fsp3) is 0.500. The van der Waals surface area contributed by atoms with Gasteiger partial charge in [-0.1, -0.05) is 12.1 Å². The third kappa shape index (κ3) is 2.73. The van der Waals surface area contributed by atoms with Crippen LogP contribution in [0.5, 0.6) is 5.75 Å². The minimum absolute atomic E-state index is 0.129. The van der Waals surface area contributed by atoms with Crippen molar-refractivity contribution in [2.45, 2.75) is 12.1 Å². The van der Waals surface area contributed by atoms with Crippen molar-refractivity contribution in [2.75, 3.05) is 25.2 Å². The number of ether oxygens (including phenoxy) is 2. The monoisotopic (exact) mass is 257 g/mol.